The second-order valence-electron chi connectivity index (χ2n) is 4.26. The van der Waals surface area contributed by atoms with Gasteiger partial charge in [0.2, 0.25) is 0 Å². The maximum absolute atomic E-state index is 13.7. The van der Waals surface area contributed by atoms with E-state index < -0.39 is 0 Å². The number of nitrogens with one attached hydrogen (secondary N) is 1. The monoisotopic (exact) mass is 243 g/mol. The van der Waals surface area contributed by atoms with Gasteiger partial charge in [-0.3, -0.25) is 0 Å². The van der Waals surface area contributed by atoms with E-state index in [-0.39, 0.29) is 18.2 Å². The first-order chi connectivity index (χ1) is 7.36. The number of benzene rings is 1. The van der Waals surface area contributed by atoms with E-state index in [0.29, 0.717) is 12.5 Å². The van der Waals surface area contributed by atoms with Crippen molar-refractivity contribution in [2.75, 3.05) is 19.7 Å². The summed E-state index contributed by atoms with van der Waals surface area (Å²) in [7, 11) is 0. The van der Waals surface area contributed by atoms with Crippen molar-refractivity contribution in [2.45, 2.75) is 18.9 Å². The molecule has 0 saturated carbocycles. The summed E-state index contributed by atoms with van der Waals surface area (Å²) in [6, 6.07) is 3.44. The van der Waals surface area contributed by atoms with Gasteiger partial charge in [-0.25, -0.2) is 4.39 Å². The first-order valence-electron chi connectivity index (χ1n) is 5.45. The molecule has 2 nitrogen and oxygen atoms in total. The van der Waals surface area contributed by atoms with E-state index in [9.17, 15) is 4.39 Å². The van der Waals surface area contributed by atoms with E-state index in [1.54, 1.807) is 6.07 Å². The number of hydrogen-bond donors (Lipinski definition) is 1. The highest BCUT2D eigenvalue weighted by Crippen LogP contribution is 2.32. The average Bonchev–Trinajstić information content (AvgIpc) is 2.48. The molecule has 3 rings (SSSR count). The smallest absolute Gasteiger partial charge is 0.126 e. The Morgan fingerprint density at radius 3 is 3.12 bits per heavy atom. The lowest BCUT2D eigenvalue weighted by Gasteiger charge is -2.26. The van der Waals surface area contributed by atoms with Gasteiger partial charge in [-0.2, -0.15) is 0 Å². The van der Waals surface area contributed by atoms with Crippen LogP contribution >= 0.6 is 12.4 Å². The lowest BCUT2D eigenvalue weighted by atomic mass is 9.88. The molecule has 2 aliphatic heterocycles. The highest BCUT2D eigenvalue weighted by molar-refractivity contribution is 5.85. The molecule has 1 unspecified atom stereocenters. The third kappa shape index (κ3) is 1.83. The van der Waals surface area contributed by atoms with Crippen LogP contribution in [0.3, 0.4) is 0 Å². The molecular weight excluding hydrogens is 229 g/mol. The summed E-state index contributed by atoms with van der Waals surface area (Å²) in [6.45, 7) is 3.13. The van der Waals surface area contributed by atoms with Crippen molar-refractivity contribution < 1.29 is 9.13 Å². The minimum Gasteiger partial charge on any atom is -0.376 e. The van der Waals surface area contributed by atoms with Crippen LogP contribution in [-0.2, 0) is 17.8 Å². The molecule has 0 bridgehead atoms. The van der Waals surface area contributed by atoms with E-state index in [2.05, 4.69) is 5.32 Å². The van der Waals surface area contributed by atoms with Gasteiger partial charge < -0.3 is 10.1 Å². The van der Waals surface area contributed by atoms with Crippen molar-refractivity contribution in [1.29, 1.82) is 0 Å². The summed E-state index contributed by atoms with van der Waals surface area (Å²) in [4.78, 5) is 0. The Kier molecular flexibility index (Phi) is 3.47. The van der Waals surface area contributed by atoms with Gasteiger partial charge in [-0.1, -0.05) is 6.07 Å². The average molecular weight is 244 g/mol. The normalized spacial score (nSPS) is 22.9. The fourth-order valence-corrected chi connectivity index (χ4v) is 2.62. The zero-order chi connectivity index (χ0) is 10.3. The van der Waals surface area contributed by atoms with Crippen LogP contribution in [0.2, 0.25) is 0 Å². The van der Waals surface area contributed by atoms with Gasteiger partial charge in [0.1, 0.15) is 5.82 Å². The Hall–Kier alpha value is -0.640. The number of hydrogen-bond acceptors (Lipinski definition) is 2. The first-order valence-corrected chi connectivity index (χ1v) is 5.45. The molecule has 0 amide bonds. The number of halogens is 2. The summed E-state index contributed by atoms with van der Waals surface area (Å²) in [5.74, 6) is 0.284. The number of rotatable bonds is 0. The van der Waals surface area contributed by atoms with Crippen LogP contribution in [0.4, 0.5) is 4.39 Å². The van der Waals surface area contributed by atoms with Crippen molar-refractivity contribution in [3.05, 3.63) is 34.6 Å². The molecule has 1 atom stereocenters. The molecule has 4 heteroatoms. The molecule has 1 aromatic rings. The van der Waals surface area contributed by atoms with Crippen LogP contribution in [0.15, 0.2) is 12.1 Å². The van der Waals surface area contributed by atoms with E-state index in [4.69, 9.17) is 4.74 Å². The zero-order valence-corrected chi connectivity index (χ0v) is 9.78. The summed E-state index contributed by atoms with van der Waals surface area (Å²) < 4.78 is 19.2. The molecule has 88 valence electrons. The summed E-state index contributed by atoms with van der Waals surface area (Å²) in [6.07, 6.45) is 0.797. The van der Waals surface area contributed by atoms with Crippen molar-refractivity contribution >= 4 is 12.4 Å². The van der Waals surface area contributed by atoms with Crippen molar-refractivity contribution in [3.8, 4) is 0 Å². The van der Waals surface area contributed by atoms with Crippen LogP contribution in [0, 0.1) is 5.82 Å². The standard InChI is InChI=1S/C12H14FNO.ClH/c13-11-2-1-8-6-15-7-9-5-14-4-3-10(11)12(8)9;/h1-2,9,14H,3-7H2;1H. The van der Waals surface area contributed by atoms with E-state index in [1.165, 1.54) is 11.1 Å². The molecule has 0 radical (unpaired) electrons. The second-order valence-corrected chi connectivity index (χ2v) is 4.26. The van der Waals surface area contributed by atoms with Crippen LogP contribution in [0.1, 0.15) is 22.6 Å². The quantitative estimate of drug-likeness (QED) is 0.753. The summed E-state index contributed by atoms with van der Waals surface area (Å²) in [5, 5.41) is 3.34. The fraction of sp³-hybridized carbons (Fsp3) is 0.500. The second kappa shape index (κ2) is 4.70. The van der Waals surface area contributed by atoms with Gasteiger partial charge in [0.15, 0.2) is 0 Å². The Balaban J connectivity index is 0.000000963. The molecule has 0 aliphatic carbocycles. The lowest BCUT2D eigenvalue weighted by Crippen LogP contribution is -2.26. The van der Waals surface area contributed by atoms with Gasteiger partial charge in [0, 0.05) is 12.5 Å². The Labute approximate surface area is 101 Å². The molecule has 0 fully saturated rings. The van der Waals surface area contributed by atoms with E-state index in [0.717, 1.165) is 31.7 Å². The fourth-order valence-electron chi connectivity index (χ4n) is 2.62. The highest BCUT2D eigenvalue weighted by atomic mass is 35.5. The van der Waals surface area contributed by atoms with Gasteiger partial charge in [-0.05, 0) is 35.7 Å². The highest BCUT2D eigenvalue weighted by Gasteiger charge is 2.27. The predicted molar refractivity (Wildman–Crippen MR) is 62.6 cm³/mol. The Morgan fingerprint density at radius 2 is 2.25 bits per heavy atom. The van der Waals surface area contributed by atoms with Gasteiger partial charge in [0.05, 0.1) is 13.2 Å². The third-order valence-electron chi connectivity index (χ3n) is 3.32. The molecule has 2 heterocycles. The van der Waals surface area contributed by atoms with Crippen molar-refractivity contribution in [1.82, 2.24) is 5.32 Å². The maximum Gasteiger partial charge on any atom is 0.126 e. The van der Waals surface area contributed by atoms with Crippen LogP contribution in [0.25, 0.3) is 0 Å². The molecule has 0 saturated heterocycles. The van der Waals surface area contributed by atoms with Gasteiger partial charge in [0.25, 0.3) is 0 Å². The van der Waals surface area contributed by atoms with Crippen LogP contribution < -0.4 is 5.32 Å². The van der Waals surface area contributed by atoms with E-state index in [1.807, 2.05) is 6.07 Å². The molecule has 16 heavy (non-hydrogen) atoms. The summed E-state index contributed by atoms with van der Waals surface area (Å²) >= 11 is 0. The first kappa shape index (κ1) is 11.8. The van der Waals surface area contributed by atoms with Gasteiger partial charge >= 0.3 is 0 Å². The molecule has 1 aromatic carbocycles. The maximum atomic E-state index is 13.7. The molecule has 0 spiro atoms. The molecular formula is C12H15ClFNO. The Morgan fingerprint density at radius 1 is 1.38 bits per heavy atom. The van der Waals surface area contributed by atoms with Crippen LogP contribution in [-0.4, -0.2) is 19.7 Å². The number of ether oxygens (including phenoxy) is 1. The largest absolute Gasteiger partial charge is 0.376 e. The minimum absolute atomic E-state index is 0. The minimum atomic E-state index is -0.0515. The third-order valence-corrected chi connectivity index (χ3v) is 3.32. The summed E-state index contributed by atoms with van der Waals surface area (Å²) in [5.41, 5.74) is 3.29. The molecule has 2 aliphatic rings. The Bertz CT molecular complexity index is 397. The lowest BCUT2D eigenvalue weighted by molar-refractivity contribution is 0.0911. The predicted octanol–water partition coefficient (Wildman–Crippen LogP) is 2.01. The van der Waals surface area contributed by atoms with E-state index >= 15 is 0 Å². The SMILES string of the molecule is Cl.Fc1ccc2c3c1CCNCC3COC2. The van der Waals surface area contributed by atoms with Crippen LogP contribution in [0.5, 0.6) is 0 Å². The van der Waals surface area contributed by atoms with Gasteiger partial charge in [-0.15, -0.1) is 12.4 Å². The topological polar surface area (TPSA) is 21.3 Å². The molecule has 1 N–H and O–H groups in total. The zero-order valence-electron chi connectivity index (χ0n) is 8.96. The molecule has 0 aromatic heterocycles. The van der Waals surface area contributed by atoms with Crippen molar-refractivity contribution in [3.63, 3.8) is 0 Å². The van der Waals surface area contributed by atoms with Crippen molar-refractivity contribution in [2.24, 2.45) is 0 Å².